The van der Waals surface area contributed by atoms with Crippen LogP contribution in [-0.2, 0) is 6.54 Å². The molecule has 0 amide bonds. The van der Waals surface area contributed by atoms with Gasteiger partial charge in [0.25, 0.3) is 5.69 Å². The summed E-state index contributed by atoms with van der Waals surface area (Å²) in [6.07, 6.45) is -5.44. The summed E-state index contributed by atoms with van der Waals surface area (Å²) in [5.41, 5.74) is -13.4. The monoisotopic (exact) mass is 1150 g/mol. The number of halogens is 20. The number of pyridine rings is 1. The molecule has 0 unspecified atom stereocenters. The van der Waals surface area contributed by atoms with Gasteiger partial charge in [-0.2, -0.15) is 4.57 Å². The first-order valence-electron chi connectivity index (χ1n) is 22.7. The molecule has 10 rings (SSSR count). The Hall–Kier alpha value is -9.29. The summed E-state index contributed by atoms with van der Waals surface area (Å²) >= 11 is 0. The van der Waals surface area contributed by atoms with Gasteiger partial charge in [-0.25, -0.2) is 92.6 Å². The number of ether oxygens (including phenoxy) is 1. The maximum absolute atomic E-state index is 15.4. The molecule has 412 valence electrons. The summed E-state index contributed by atoms with van der Waals surface area (Å²) in [5, 5.41) is 5.33. The fourth-order valence-corrected chi connectivity index (χ4v) is 9.58. The molecule has 1 heterocycles. The van der Waals surface area contributed by atoms with Crippen LogP contribution in [0.4, 0.5) is 87.8 Å². The number of hydrogen-bond donors (Lipinski definition) is 0. The molecule has 0 bridgehead atoms. The average molecular weight is 1150 g/mol. The number of aromatic nitrogens is 1. The predicted molar refractivity (Wildman–Crippen MR) is 251 cm³/mol. The molecule has 4 nitrogen and oxygen atoms in total. The van der Waals surface area contributed by atoms with Crippen LogP contribution in [0.5, 0.6) is 5.75 Å². The third-order valence-corrected chi connectivity index (χ3v) is 13.2. The third kappa shape index (κ3) is 8.99. The van der Waals surface area contributed by atoms with Crippen LogP contribution in [0.1, 0.15) is 20.8 Å². The Balaban J connectivity index is 0.000000200. The molecule has 9 aromatic carbocycles. The molecule has 0 saturated carbocycles. The van der Waals surface area contributed by atoms with Crippen molar-refractivity contribution in [3.63, 3.8) is 0 Å². The molecule has 0 N–H and O–H groups in total. The van der Waals surface area contributed by atoms with E-state index in [-0.39, 0.29) is 12.3 Å². The minimum atomic E-state index is -7.22. The molecular weight excluding hydrogens is 1130 g/mol. The van der Waals surface area contributed by atoms with Crippen molar-refractivity contribution in [2.24, 2.45) is 0 Å². The van der Waals surface area contributed by atoms with E-state index in [1.54, 1.807) is 22.9 Å². The van der Waals surface area contributed by atoms with Gasteiger partial charge in [0.15, 0.2) is 76.0 Å². The highest BCUT2D eigenvalue weighted by molar-refractivity contribution is 7.20. The van der Waals surface area contributed by atoms with Gasteiger partial charge >= 0.3 is 5.97 Å². The Bertz CT molecular complexity index is 3860. The Morgan fingerprint density at radius 2 is 0.642 bits per heavy atom. The van der Waals surface area contributed by atoms with E-state index in [0.29, 0.717) is 17.0 Å². The van der Waals surface area contributed by atoms with Gasteiger partial charge in [-0.1, -0.05) is 97.1 Å². The number of fused-ring (bicyclic) bond motifs is 3. The van der Waals surface area contributed by atoms with Crippen molar-refractivity contribution in [2.45, 2.75) is 6.54 Å². The SMILES string of the molecule is Fc1c(F)c(F)c([B-](c2c(F)c(F)c(F)c(F)c2F)(c2c(F)c(F)c(F)c(F)c2F)c2c(F)c(F)c(F)c(F)c2F)c(F)c1F.O=C(C[n+]1ccc2ccccc2c1C(=O)Oc1c2ccccc2cc2ccccc12)c1ccccc1. The normalized spacial score (nSPS) is 11.6. The van der Waals surface area contributed by atoms with Crippen LogP contribution in [0, 0.1) is 116 Å². The maximum atomic E-state index is 15.4. The molecule has 0 fully saturated rings. The zero-order valence-electron chi connectivity index (χ0n) is 39.6. The van der Waals surface area contributed by atoms with Crippen LogP contribution < -0.4 is 31.2 Å². The zero-order valence-corrected chi connectivity index (χ0v) is 39.6. The van der Waals surface area contributed by atoms with E-state index >= 15 is 35.1 Å². The van der Waals surface area contributed by atoms with Crippen LogP contribution >= 0.6 is 0 Å². The summed E-state index contributed by atoms with van der Waals surface area (Å²) in [5.74, 6) is -71.5. The minimum Gasteiger partial charge on any atom is -0.417 e. The van der Waals surface area contributed by atoms with Crippen molar-refractivity contribution in [1.82, 2.24) is 0 Å². The first-order valence-corrected chi connectivity index (χ1v) is 22.7. The van der Waals surface area contributed by atoms with E-state index in [2.05, 4.69) is 6.07 Å². The highest BCUT2D eigenvalue weighted by Crippen LogP contribution is 2.36. The first-order chi connectivity index (χ1) is 38.4. The topological polar surface area (TPSA) is 47.2 Å². The van der Waals surface area contributed by atoms with Crippen molar-refractivity contribution in [2.75, 3.05) is 0 Å². The Morgan fingerprint density at radius 3 is 1.00 bits per heavy atom. The van der Waals surface area contributed by atoms with E-state index < -0.39 is 150 Å². The molecule has 81 heavy (non-hydrogen) atoms. The molecule has 0 radical (unpaired) electrons. The van der Waals surface area contributed by atoms with Crippen molar-refractivity contribution in [1.29, 1.82) is 0 Å². The van der Waals surface area contributed by atoms with E-state index in [1.165, 1.54) is 0 Å². The largest absolute Gasteiger partial charge is 0.417 e. The second-order valence-corrected chi connectivity index (χ2v) is 17.5. The Morgan fingerprint density at radius 1 is 0.346 bits per heavy atom. The van der Waals surface area contributed by atoms with Gasteiger partial charge in [-0.3, -0.25) is 4.79 Å². The summed E-state index contributed by atoms with van der Waals surface area (Å²) in [6, 6.07) is 36.5. The highest BCUT2D eigenvalue weighted by Gasteiger charge is 2.52. The van der Waals surface area contributed by atoms with Gasteiger partial charge in [-0.15, -0.1) is 21.9 Å². The molecule has 0 atom stereocenters. The van der Waals surface area contributed by atoms with Gasteiger partial charge in [0.1, 0.15) is 58.4 Å². The fraction of sp³-hybridized carbons (Fsp3) is 0.0179. The van der Waals surface area contributed by atoms with Gasteiger partial charge in [-0.05, 0) is 28.3 Å². The number of rotatable bonds is 9. The average Bonchev–Trinajstić information content (AvgIpc) is 2.60. The van der Waals surface area contributed by atoms with Crippen LogP contribution in [0.15, 0.2) is 121 Å². The van der Waals surface area contributed by atoms with Crippen molar-refractivity contribution >= 4 is 72.1 Å². The maximum Gasteiger partial charge on any atom is 0.409 e. The fourth-order valence-electron chi connectivity index (χ4n) is 9.58. The summed E-state index contributed by atoms with van der Waals surface area (Å²) in [4.78, 5) is 27.0. The van der Waals surface area contributed by atoms with E-state index in [9.17, 15) is 62.3 Å². The number of benzene rings is 9. The van der Waals surface area contributed by atoms with Crippen molar-refractivity contribution in [3.8, 4) is 5.75 Å². The number of esters is 1. The van der Waals surface area contributed by atoms with Crippen LogP contribution in [0.25, 0.3) is 32.3 Å². The van der Waals surface area contributed by atoms with Crippen LogP contribution in [-0.4, -0.2) is 17.9 Å². The quantitative estimate of drug-likeness (QED) is 0.0167. The van der Waals surface area contributed by atoms with E-state index in [4.69, 9.17) is 4.74 Å². The Labute approximate surface area is 439 Å². The highest BCUT2D eigenvalue weighted by atomic mass is 19.2. The zero-order chi connectivity index (χ0) is 58.8. The summed E-state index contributed by atoms with van der Waals surface area (Å²) < 4.78 is 302. The molecule has 0 saturated heterocycles. The third-order valence-electron chi connectivity index (χ3n) is 13.2. The molecule has 0 aliphatic carbocycles. The smallest absolute Gasteiger partial charge is 0.409 e. The molecule has 0 aliphatic heterocycles. The number of ketones is 1. The molecular formula is C56H22BF20NO3. The molecule has 0 spiro atoms. The van der Waals surface area contributed by atoms with Crippen LogP contribution in [0.2, 0.25) is 0 Å². The number of nitrogens with zero attached hydrogens (tertiary/aromatic N) is 1. The lowest BCUT2D eigenvalue weighted by molar-refractivity contribution is -0.684. The predicted octanol–water partition coefficient (Wildman–Crippen LogP) is 12.4. The van der Waals surface area contributed by atoms with Crippen molar-refractivity contribution < 1.29 is 107 Å². The minimum absolute atomic E-state index is 0.0234. The number of Topliss-reactive ketones (excluding diaryl/α,β-unsaturated/α-hetero) is 1. The molecule has 0 aliphatic rings. The van der Waals surface area contributed by atoms with Crippen LogP contribution in [0.3, 0.4) is 0 Å². The number of hydrogen-bond acceptors (Lipinski definition) is 3. The van der Waals surface area contributed by atoms with Gasteiger partial charge in [0.2, 0.25) is 12.3 Å². The second kappa shape index (κ2) is 21.4. The molecule has 10 aromatic rings. The lowest BCUT2D eigenvalue weighted by Gasteiger charge is -2.44. The second-order valence-electron chi connectivity index (χ2n) is 17.5. The lowest BCUT2D eigenvalue weighted by Crippen LogP contribution is -2.81. The summed E-state index contributed by atoms with van der Waals surface area (Å²) in [6.45, 7) is 0.0234. The van der Waals surface area contributed by atoms with Gasteiger partial charge < -0.3 is 4.74 Å². The Kier molecular flexibility index (Phi) is 14.9. The standard InChI is InChI=1S/C32H22NO3.C24BF20/c34-29(23-11-2-1-3-12-23)21-33-19-18-22-10-4-7-15-26(22)30(33)32(35)36-31-27-16-8-5-13-24(27)20-25-14-6-9-17-28(25)31;26-5-1(6(27)14(35)21(42)13(5)34)25(2-7(28)15(36)22(43)16(37)8(2)29,3-9(30)17(38)23(44)18(39)10(3)31)4-11(32)19(40)24(45)20(41)12(4)33/h1-20H,21H2;/q+1;-1. The first kappa shape index (κ1) is 56.4. The van der Waals surface area contributed by atoms with E-state index in [1.807, 2.05) is 97.1 Å². The van der Waals surface area contributed by atoms with Gasteiger partial charge in [0, 0.05) is 22.4 Å². The number of carbonyl (C=O) groups excluding carboxylic acids is 2. The lowest BCUT2D eigenvalue weighted by atomic mass is 9.12. The van der Waals surface area contributed by atoms with Gasteiger partial charge in [0.05, 0.1) is 5.39 Å². The van der Waals surface area contributed by atoms with E-state index in [0.717, 1.165) is 32.3 Å². The number of carbonyl (C=O) groups is 2. The summed E-state index contributed by atoms with van der Waals surface area (Å²) in [7, 11) is 0. The molecule has 25 heteroatoms. The van der Waals surface area contributed by atoms with Crippen molar-refractivity contribution in [3.05, 3.63) is 249 Å². The molecule has 1 aromatic heterocycles.